The van der Waals surface area contributed by atoms with Crippen LogP contribution in [0.2, 0.25) is 0 Å². The van der Waals surface area contributed by atoms with Gasteiger partial charge in [-0.25, -0.2) is 4.21 Å². The molecular weight excluding hydrogens is 414 g/mol. The zero-order chi connectivity index (χ0) is 21.1. The van der Waals surface area contributed by atoms with Crippen molar-refractivity contribution in [1.82, 2.24) is 0 Å². The van der Waals surface area contributed by atoms with Crippen molar-refractivity contribution in [2.75, 3.05) is 0 Å². The lowest BCUT2D eigenvalue weighted by molar-refractivity contribution is 0.500. The van der Waals surface area contributed by atoms with Crippen LogP contribution < -0.4 is 10.5 Å². The minimum atomic E-state index is -1.88. The third-order valence-corrected chi connectivity index (χ3v) is 6.02. The van der Waals surface area contributed by atoms with Crippen molar-refractivity contribution in [3.05, 3.63) is 101 Å². The number of rotatable bonds is 6. The molecule has 1 aliphatic heterocycles. The van der Waals surface area contributed by atoms with Gasteiger partial charge in [0.25, 0.3) is 0 Å². The monoisotopic (exact) mass is 435 g/mol. The Bertz CT molecular complexity index is 1120. The van der Waals surface area contributed by atoms with Crippen LogP contribution in [-0.2, 0) is 23.4 Å². The Morgan fingerprint density at radius 1 is 0.967 bits per heavy atom. The highest BCUT2D eigenvalue weighted by Crippen LogP contribution is 2.46. The first-order chi connectivity index (χ1) is 14.6. The second kappa shape index (κ2) is 9.02. The van der Waals surface area contributed by atoms with E-state index < -0.39 is 11.1 Å². The molecule has 30 heavy (non-hydrogen) atoms. The maximum atomic E-state index is 11.1. The summed E-state index contributed by atoms with van der Waals surface area (Å²) >= 11 is 3.57. The third kappa shape index (κ3) is 4.13. The van der Waals surface area contributed by atoms with Crippen molar-refractivity contribution in [2.45, 2.75) is 18.2 Å². The highest BCUT2D eigenvalue weighted by Gasteiger charge is 2.30. The van der Waals surface area contributed by atoms with Gasteiger partial charge in [-0.05, 0) is 28.1 Å². The highest BCUT2D eigenvalue weighted by atomic mass is 32.2. The molecule has 2 atom stereocenters. The summed E-state index contributed by atoms with van der Waals surface area (Å²) in [4.78, 5) is 0. The van der Waals surface area contributed by atoms with Gasteiger partial charge < -0.3 is 15.0 Å². The van der Waals surface area contributed by atoms with E-state index in [0.717, 1.165) is 44.9 Å². The van der Waals surface area contributed by atoms with E-state index in [1.807, 2.05) is 72.8 Å². The summed E-state index contributed by atoms with van der Waals surface area (Å²) in [5, 5.41) is 1.77. The van der Waals surface area contributed by atoms with Crippen molar-refractivity contribution < 1.29 is 13.5 Å². The smallest absolute Gasteiger partial charge is 0.157 e. The van der Waals surface area contributed by atoms with Crippen LogP contribution in [0.3, 0.4) is 0 Å². The number of allylic oxidation sites excluding steroid dienone is 1. The minimum Gasteiger partial charge on any atom is -0.456 e. The van der Waals surface area contributed by atoms with E-state index in [2.05, 4.69) is 0 Å². The Morgan fingerprint density at radius 2 is 1.60 bits per heavy atom. The SMILES string of the molecule is NCc1ccc(C2=C(c3ccc(CS(=O)O)cc3)Oc3ccccc3C2C=S)cc1. The molecule has 0 aliphatic carbocycles. The van der Waals surface area contributed by atoms with Crippen LogP contribution >= 0.6 is 12.2 Å². The van der Waals surface area contributed by atoms with Gasteiger partial charge in [0.2, 0.25) is 0 Å². The first kappa shape index (κ1) is 20.6. The molecule has 0 aromatic heterocycles. The van der Waals surface area contributed by atoms with E-state index in [4.69, 9.17) is 27.2 Å². The van der Waals surface area contributed by atoms with Gasteiger partial charge in [-0.15, -0.1) is 0 Å². The molecule has 0 spiro atoms. The van der Waals surface area contributed by atoms with Crippen molar-refractivity contribution in [3.8, 4) is 5.75 Å². The van der Waals surface area contributed by atoms with Crippen LogP contribution in [-0.4, -0.2) is 14.1 Å². The summed E-state index contributed by atoms with van der Waals surface area (Å²) < 4.78 is 26.6. The average molecular weight is 436 g/mol. The van der Waals surface area contributed by atoms with Crippen molar-refractivity contribution >= 4 is 40.0 Å². The number of nitrogens with two attached hydrogens (primary N) is 1. The Morgan fingerprint density at radius 3 is 2.23 bits per heavy atom. The molecule has 3 aromatic carbocycles. The van der Waals surface area contributed by atoms with Crippen molar-refractivity contribution in [2.24, 2.45) is 5.73 Å². The number of fused-ring (bicyclic) bond motifs is 1. The fourth-order valence-corrected chi connectivity index (χ4v) is 4.43. The van der Waals surface area contributed by atoms with Crippen LogP contribution in [0.4, 0.5) is 0 Å². The van der Waals surface area contributed by atoms with Gasteiger partial charge in [0.15, 0.2) is 11.1 Å². The standard InChI is InChI=1S/C24H21NO3S2/c25-13-16-5-9-18(10-6-16)23-21(14-29)20-3-1-2-4-22(20)28-24(23)19-11-7-17(8-12-19)15-30(26)27/h1-12,14,21H,13,15,25H2,(H,26,27). The predicted molar refractivity (Wildman–Crippen MR) is 126 cm³/mol. The van der Waals surface area contributed by atoms with Gasteiger partial charge in [0, 0.05) is 29.2 Å². The molecule has 3 N–H and O–H groups in total. The van der Waals surface area contributed by atoms with Crippen LogP contribution in [0.25, 0.3) is 11.3 Å². The van der Waals surface area contributed by atoms with Crippen molar-refractivity contribution in [3.63, 3.8) is 0 Å². The number of ether oxygens (including phenoxy) is 1. The summed E-state index contributed by atoms with van der Waals surface area (Å²) in [7, 11) is 0. The molecular formula is C24H21NO3S2. The number of para-hydroxylation sites is 1. The second-order valence-electron chi connectivity index (χ2n) is 7.06. The van der Waals surface area contributed by atoms with Gasteiger partial charge in [-0.3, -0.25) is 0 Å². The molecule has 3 aromatic rings. The van der Waals surface area contributed by atoms with Crippen LogP contribution in [0, 0.1) is 0 Å². The zero-order valence-electron chi connectivity index (χ0n) is 16.2. The number of hydrogen-bond acceptors (Lipinski definition) is 4. The van der Waals surface area contributed by atoms with Crippen molar-refractivity contribution in [1.29, 1.82) is 0 Å². The fourth-order valence-electron chi connectivity index (χ4n) is 3.67. The molecule has 0 saturated carbocycles. The fraction of sp³-hybridized carbons (Fsp3) is 0.125. The van der Waals surface area contributed by atoms with Crippen LogP contribution in [0.15, 0.2) is 72.8 Å². The number of benzene rings is 3. The van der Waals surface area contributed by atoms with E-state index in [0.29, 0.717) is 6.54 Å². The zero-order valence-corrected chi connectivity index (χ0v) is 17.8. The van der Waals surface area contributed by atoms with Crippen LogP contribution in [0.1, 0.15) is 33.7 Å². The van der Waals surface area contributed by atoms with E-state index >= 15 is 0 Å². The Balaban J connectivity index is 1.87. The summed E-state index contributed by atoms with van der Waals surface area (Å²) in [5.74, 6) is 1.51. The van der Waals surface area contributed by atoms with Crippen LogP contribution in [0.5, 0.6) is 5.75 Å². The summed E-state index contributed by atoms with van der Waals surface area (Å²) in [5.41, 5.74) is 11.5. The Labute approximate surface area is 183 Å². The lowest BCUT2D eigenvalue weighted by atomic mass is 9.83. The molecule has 0 saturated heterocycles. The van der Waals surface area contributed by atoms with E-state index in [1.54, 1.807) is 5.37 Å². The summed E-state index contributed by atoms with van der Waals surface area (Å²) in [6.45, 7) is 0.482. The molecule has 6 heteroatoms. The molecule has 4 rings (SSSR count). The van der Waals surface area contributed by atoms with Gasteiger partial charge in [-0.2, -0.15) is 0 Å². The quantitative estimate of drug-likeness (QED) is 0.425. The first-order valence-corrected chi connectivity index (χ1v) is 11.3. The third-order valence-electron chi connectivity index (χ3n) is 5.16. The minimum absolute atomic E-state index is 0.0962. The Hall–Kier alpha value is -2.64. The van der Waals surface area contributed by atoms with Gasteiger partial charge >= 0.3 is 0 Å². The van der Waals surface area contributed by atoms with Gasteiger partial charge in [0.1, 0.15) is 11.5 Å². The van der Waals surface area contributed by atoms with Gasteiger partial charge in [-0.1, -0.05) is 78.9 Å². The number of hydrogen-bond donors (Lipinski definition) is 2. The molecule has 4 nitrogen and oxygen atoms in total. The first-order valence-electron chi connectivity index (χ1n) is 9.53. The van der Waals surface area contributed by atoms with E-state index in [-0.39, 0.29) is 11.7 Å². The largest absolute Gasteiger partial charge is 0.456 e. The lowest BCUT2D eigenvalue weighted by Gasteiger charge is -2.29. The predicted octanol–water partition coefficient (Wildman–Crippen LogP) is 4.91. The van der Waals surface area contributed by atoms with E-state index in [9.17, 15) is 4.21 Å². The molecule has 1 heterocycles. The highest BCUT2D eigenvalue weighted by molar-refractivity contribution is 7.79. The van der Waals surface area contributed by atoms with Gasteiger partial charge in [0.05, 0.1) is 5.75 Å². The summed E-state index contributed by atoms with van der Waals surface area (Å²) in [6, 6.07) is 23.6. The molecule has 1 aliphatic rings. The maximum absolute atomic E-state index is 11.1. The molecule has 0 radical (unpaired) electrons. The Kier molecular flexibility index (Phi) is 6.20. The second-order valence-corrected chi connectivity index (χ2v) is 8.26. The molecule has 0 bridgehead atoms. The maximum Gasteiger partial charge on any atom is 0.157 e. The van der Waals surface area contributed by atoms with E-state index in [1.165, 1.54) is 0 Å². The molecule has 2 unspecified atom stereocenters. The lowest BCUT2D eigenvalue weighted by Crippen LogP contribution is -2.15. The molecule has 0 fully saturated rings. The molecule has 152 valence electrons. The summed E-state index contributed by atoms with van der Waals surface area (Å²) in [6.07, 6.45) is 0. The average Bonchev–Trinajstić information content (AvgIpc) is 2.78. The molecule has 0 amide bonds. The number of thiocarbonyl (C=S) groups is 1. The topological polar surface area (TPSA) is 72.6 Å². The normalized spacial score (nSPS) is 16.5.